The Hall–Kier alpha value is -2.69. The summed E-state index contributed by atoms with van der Waals surface area (Å²) < 4.78 is 0. The number of carbonyl (C=O) groups excluding carboxylic acids is 4. The lowest BCUT2D eigenvalue weighted by molar-refractivity contribution is -0.144. The molecule has 0 aliphatic carbocycles. The van der Waals surface area contributed by atoms with Gasteiger partial charge in [-0.05, 0) is 25.2 Å². The maximum absolute atomic E-state index is 12.5. The van der Waals surface area contributed by atoms with Gasteiger partial charge in [0.15, 0.2) is 0 Å². The number of carbonyl (C=O) groups is 5. The van der Waals surface area contributed by atoms with Crippen molar-refractivity contribution in [2.24, 2.45) is 17.4 Å². The van der Waals surface area contributed by atoms with Crippen LogP contribution in [0.15, 0.2) is 0 Å². The predicted molar refractivity (Wildman–Crippen MR) is 103 cm³/mol. The van der Waals surface area contributed by atoms with Gasteiger partial charge in [-0.25, -0.2) is 4.79 Å². The van der Waals surface area contributed by atoms with Gasteiger partial charge in [0, 0.05) is 13.0 Å². The summed E-state index contributed by atoms with van der Waals surface area (Å²) in [6.45, 7) is 3.77. The molecule has 1 rings (SSSR count). The van der Waals surface area contributed by atoms with E-state index in [0.717, 1.165) is 6.42 Å². The van der Waals surface area contributed by atoms with Crippen LogP contribution in [0.25, 0.3) is 0 Å². The first-order chi connectivity index (χ1) is 13.6. The van der Waals surface area contributed by atoms with Crippen LogP contribution >= 0.6 is 0 Å². The van der Waals surface area contributed by atoms with E-state index in [4.69, 9.17) is 11.5 Å². The van der Waals surface area contributed by atoms with Crippen molar-refractivity contribution in [1.29, 1.82) is 0 Å². The first kappa shape index (κ1) is 24.3. The van der Waals surface area contributed by atoms with Crippen molar-refractivity contribution < 1.29 is 29.1 Å². The van der Waals surface area contributed by atoms with Crippen molar-refractivity contribution in [1.82, 2.24) is 15.5 Å². The number of likely N-dealkylation sites (tertiary alicyclic amines) is 1. The Morgan fingerprint density at radius 2 is 1.90 bits per heavy atom. The summed E-state index contributed by atoms with van der Waals surface area (Å²) in [6.07, 6.45) is 1.34. The molecule has 11 nitrogen and oxygen atoms in total. The molecule has 11 heteroatoms. The number of primary amides is 1. The van der Waals surface area contributed by atoms with Crippen LogP contribution in [0, 0.1) is 5.92 Å². The molecular weight excluding hydrogens is 382 g/mol. The zero-order chi connectivity index (χ0) is 22.1. The molecule has 0 aromatic carbocycles. The van der Waals surface area contributed by atoms with Crippen molar-refractivity contribution in [3.63, 3.8) is 0 Å². The summed E-state index contributed by atoms with van der Waals surface area (Å²) in [5.74, 6) is -3.50. The van der Waals surface area contributed by atoms with Crippen LogP contribution in [0.2, 0.25) is 0 Å². The fourth-order valence-corrected chi connectivity index (χ4v) is 3.04. The van der Waals surface area contributed by atoms with E-state index < -0.39 is 47.7 Å². The Balaban J connectivity index is 2.65. The molecule has 29 heavy (non-hydrogen) atoms. The molecule has 7 N–H and O–H groups in total. The number of nitrogens with two attached hydrogens (primary N) is 2. The molecule has 1 heterocycles. The quantitative estimate of drug-likeness (QED) is 0.267. The van der Waals surface area contributed by atoms with E-state index in [0.29, 0.717) is 19.4 Å². The number of nitrogens with zero attached hydrogens (tertiary/aromatic N) is 1. The average Bonchev–Trinajstić information content (AvgIpc) is 3.17. The lowest BCUT2D eigenvalue weighted by atomic mass is 9.99. The van der Waals surface area contributed by atoms with Gasteiger partial charge < -0.3 is 32.1 Å². The van der Waals surface area contributed by atoms with Crippen LogP contribution in [0.4, 0.5) is 0 Å². The Labute approximate surface area is 169 Å². The molecule has 4 atom stereocenters. The highest BCUT2D eigenvalue weighted by Crippen LogP contribution is 2.18. The summed E-state index contributed by atoms with van der Waals surface area (Å²) in [5.41, 5.74) is 10.9. The molecule has 1 fully saturated rings. The third kappa shape index (κ3) is 7.33. The van der Waals surface area contributed by atoms with E-state index in [-0.39, 0.29) is 25.3 Å². The molecule has 4 amide bonds. The molecule has 1 aliphatic rings. The monoisotopic (exact) mass is 413 g/mol. The van der Waals surface area contributed by atoms with E-state index in [9.17, 15) is 29.1 Å². The second kappa shape index (κ2) is 11.3. The van der Waals surface area contributed by atoms with Gasteiger partial charge in [0.1, 0.15) is 12.1 Å². The highest BCUT2D eigenvalue weighted by molar-refractivity contribution is 5.93. The van der Waals surface area contributed by atoms with Crippen LogP contribution in [0.3, 0.4) is 0 Å². The van der Waals surface area contributed by atoms with Gasteiger partial charge in [-0.2, -0.15) is 0 Å². The van der Waals surface area contributed by atoms with Crippen molar-refractivity contribution in [2.45, 2.75) is 64.1 Å². The molecule has 4 unspecified atom stereocenters. The standard InChI is InChI=1S/C18H31N5O6/c1-3-10(2)15(20)17(27)21-9-14(25)23-8-4-5-12(23)16(26)22-11(18(28)29)6-7-13(19)24/h10-12,15H,3-9,20H2,1-2H3,(H2,19,24)(H,21,27)(H,22,26)(H,28,29). The van der Waals surface area contributed by atoms with Gasteiger partial charge in [0.2, 0.25) is 23.6 Å². The first-order valence-electron chi connectivity index (χ1n) is 9.72. The van der Waals surface area contributed by atoms with Gasteiger partial charge in [0.25, 0.3) is 0 Å². The second-order valence-corrected chi connectivity index (χ2v) is 7.28. The highest BCUT2D eigenvalue weighted by Gasteiger charge is 2.36. The normalized spacial score (nSPS) is 19.1. The molecule has 0 aromatic rings. The molecule has 1 saturated heterocycles. The number of carboxylic acids is 1. The van der Waals surface area contributed by atoms with Crippen LogP contribution in [-0.2, 0) is 24.0 Å². The molecule has 0 radical (unpaired) electrons. The van der Waals surface area contributed by atoms with Crippen molar-refractivity contribution >= 4 is 29.6 Å². The Bertz CT molecular complexity index is 640. The molecular formula is C18H31N5O6. The van der Waals surface area contributed by atoms with Crippen molar-refractivity contribution in [2.75, 3.05) is 13.1 Å². The minimum atomic E-state index is -1.29. The Morgan fingerprint density at radius 1 is 1.24 bits per heavy atom. The van der Waals surface area contributed by atoms with Gasteiger partial charge in [-0.3, -0.25) is 19.2 Å². The SMILES string of the molecule is CCC(C)C(N)C(=O)NCC(=O)N1CCCC1C(=O)NC(CCC(N)=O)C(=O)O. The van der Waals surface area contributed by atoms with Crippen LogP contribution in [0.1, 0.15) is 46.0 Å². The fraction of sp³-hybridized carbons (Fsp3) is 0.722. The van der Waals surface area contributed by atoms with E-state index in [1.807, 2.05) is 13.8 Å². The minimum absolute atomic E-state index is 0.0382. The number of aliphatic carboxylic acids is 1. The molecule has 0 spiro atoms. The molecule has 0 bridgehead atoms. The Kier molecular flexibility index (Phi) is 9.53. The first-order valence-corrected chi connectivity index (χ1v) is 9.72. The fourth-order valence-electron chi connectivity index (χ4n) is 3.04. The van der Waals surface area contributed by atoms with Gasteiger partial charge in [-0.15, -0.1) is 0 Å². The molecule has 0 saturated carbocycles. The minimum Gasteiger partial charge on any atom is -0.480 e. The number of nitrogens with one attached hydrogen (secondary N) is 2. The predicted octanol–water partition coefficient (Wildman–Crippen LogP) is -1.70. The lowest BCUT2D eigenvalue weighted by Crippen LogP contribution is -2.53. The van der Waals surface area contributed by atoms with Crippen molar-refractivity contribution in [3.8, 4) is 0 Å². The van der Waals surface area contributed by atoms with Crippen molar-refractivity contribution in [3.05, 3.63) is 0 Å². The zero-order valence-corrected chi connectivity index (χ0v) is 16.8. The number of rotatable bonds is 11. The zero-order valence-electron chi connectivity index (χ0n) is 16.8. The summed E-state index contributed by atoms with van der Waals surface area (Å²) >= 11 is 0. The summed E-state index contributed by atoms with van der Waals surface area (Å²) in [6, 6.07) is -2.84. The van der Waals surface area contributed by atoms with Gasteiger partial charge >= 0.3 is 5.97 Å². The number of amides is 4. The largest absolute Gasteiger partial charge is 0.480 e. The van der Waals surface area contributed by atoms with Gasteiger partial charge in [0.05, 0.1) is 12.6 Å². The second-order valence-electron chi connectivity index (χ2n) is 7.28. The topological polar surface area (TPSA) is 185 Å². The summed E-state index contributed by atoms with van der Waals surface area (Å²) in [7, 11) is 0. The number of carboxylic acid groups (broad SMARTS) is 1. The third-order valence-corrected chi connectivity index (χ3v) is 5.14. The number of hydrogen-bond donors (Lipinski definition) is 5. The molecule has 164 valence electrons. The van der Waals surface area contributed by atoms with Crippen LogP contribution in [0.5, 0.6) is 0 Å². The Morgan fingerprint density at radius 3 is 2.45 bits per heavy atom. The maximum atomic E-state index is 12.5. The smallest absolute Gasteiger partial charge is 0.326 e. The summed E-state index contributed by atoms with van der Waals surface area (Å²) in [5, 5.41) is 14.1. The molecule has 0 aromatic heterocycles. The summed E-state index contributed by atoms with van der Waals surface area (Å²) in [4.78, 5) is 60.5. The van der Waals surface area contributed by atoms with E-state index in [2.05, 4.69) is 10.6 Å². The van der Waals surface area contributed by atoms with E-state index in [1.54, 1.807) is 0 Å². The van der Waals surface area contributed by atoms with Crippen LogP contribution < -0.4 is 22.1 Å². The lowest BCUT2D eigenvalue weighted by Gasteiger charge is -2.26. The number of hydrogen-bond acceptors (Lipinski definition) is 6. The van der Waals surface area contributed by atoms with E-state index in [1.165, 1.54) is 4.90 Å². The highest BCUT2D eigenvalue weighted by atomic mass is 16.4. The van der Waals surface area contributed by atoms with E-state index >= 15 is 0 Å². The van der Waals surface area contributed by atoms with Crippen LogP contribution in [-0.4, -0.2) is 70.8 Å². The maximum Gasteiger partial charge on any atom is 0.326 e. The third-order valence-electron chi connectivity index (χ3n) is 5.14. The van der Waals surface area contributed by atoms with Gasteiger partial charge in [-0.1, -0.05) is 20.3 Å². The molecule has 1 aliphatic heterocycles. The average molecular weight is 413 g/mol.